The number of unbranched alkanes of at least 4 members (excludes halogenated alkanes) is 59. The van der Waals surface area contributed by atoms with E-state index < -0.39 is 124 Å². The molecule has 3 saturated heterocycles. The van der Waals surface area contributed by atoms with Gasteiger partial charge in [-0.3, -0.25) is 4.79 Å². The summed E-state index contributed by atoms with van der Waals surface area (Å²) in [6.45, 7) is 1.81. The second kappa shape index (κ2) is 68.9. The summed E-state index contributed by atoms with van der Waals surface area (Å²) in [7, 11) is 0. The van der Waals surface area contributed by atoms with Crippen molar-refractivity contribution < 1.29 is 89.4 Å². The van der Waals surface area contributed by atoms with E-state index in [-0.39, 0.29) is 18.9 Å². The van der Waals surface area contributed by atoms with Gasteiger partial charge in [0, 0.05) is 6.42 Å². The first-order valence-electron chi connectivity index (χ1n) is 45.4. The zero-order valence-corrected chi connectivity index (χ0v) is 68.4. The number of amides is 1. The molecule has 3 aliphatic rings. The molecule has 3 heterocycles. The van der Waals surface area contributed by atoms with Crippen molar-refractivity contribution in [2.75, 3.05) is 26.4 Å². The monoisotopic (exact) mass is 1530 g/mol. The Hall–Kier alpha value is -1.47. The molecule has 19 heteroatoms. The fraction of sp³-hybridized carbons (Fsp3) is 0.966. The highest BCUT2D eigenvalue weighted by Gasteiger charge is 2.54. The maximum Gasteiger partial charge on any atom is 0.220 e. The summed E-state index contributed by atoms with van der Waals surface area (Å²) in [6, 6.07) is -0.971. The van der Waals surface area contributed by atoms with Gasteiger partial charge in [0.2, 0.25) is 5.91 Å². The molecule has 19 nitrogen and oxygen atoms in total. The van der Waals surface area contributed by atoms with Gasteiger partial charge in [-0.2, -0.15) is 0 Å². The lowest BCUT2D eigenvalue weighted by atomic mass is 9.96. The molecular weight excluding hydrogens is 1360 g/mol. The van der Waals surface area contributed by atoms with Crippen molar-refractivity contribution in [3.63, 3.8) is 0 Å². The topological polar surface area (TPSA) is 307 Å². The van der Waals surface area contributed by atoms with Crippen LogP contribution in [-0.2, 0) is 33.2 Å². The summed E-state index contributed by atoms with van der Waals surface area (Å²) in [5.74, 6) is -0.265. The van der Waals surface area contributed by atoms with Gasteiger partial charge >= 0.3 is 0 Å². The van der Waals surface area contributed by atoms with E-state index in [1.807, 2.05) is 6.08 Å². The van der Waals surface area contributed by atoms with Gasteiger partial charge in [-0.05, 0) is 19.3 Å². The van der Waals surface area contributed by atoms with E-state index in [9.17, 15) is 61.0 Å². The van der Waals surface area contributed by atoms with Crippen molar-refractivity contribution >= 4 is 5.91 Å². The molecule has 0 aromatic rings. The lowest BCUT2D eigenvalue weighted by molar-refractivity contribution is -0.379. The van der Waals surface area contributed by atoms with Gasteiger partial charge in [-0.25, -0.2) is 0 Å². The number of allylic oxidation sites excluding steroid dienone is 1. The molecule has 0 bridgehead atoms. The standard InChI is InChI=1S/C88H169NO18/c1-3-5-7-9-11-13-15-17-19-21-23-25-27-28-29-30-31-32-33-34-35-36-37-38-39-40-41-42-43-44-46-48-50-52-54-56-58-60-62-64-66-76(94)89-71(72(93)65-63-61-59-57-55-53-51-49-47-45-26-24-22-20-18-16-14-12-10-8-6-4-2)70-102-86-82(100)79(97)84(74(68-91)104-86)107-88-83(101)80(98)85(75(69-92)105-88)106-87-81(99)78(96)77(95)73(67-90)103-87/h63,65,71-75,77-88,90-93,95-101H,3-62,64,66-70H2,1-2H3,(H,89,94)/b65-63+. The van der Waals surface area contributed by atoms with Gasteiger partial charge in [0.25, 0.3) is 0 Å². The Labute approximate surface area is 652 Å². The van der Waals surface area contributed by atoms with Crippen molar-refractivity contribution in [2.45, 2.75) is 516 Å². The number of aliphatic hydroxyl groups is 11. The molecule has 0 saturated carbocycles. The Morgan fingerprint density at radius 2 is 0.579 bits per heavy atom. The summed E-state index contributed by atoms with van der Waals surface area (Å²) < 4.78 is 34.5. The summed E-state index contributed by atoms with van der Waals surface area (Å²) in [5, 5.41) is 121. The molecule has 0 aromatic heterocycles. The Morgan fingerprint density at radius 1 is 0.327 bits per heavy atom. The molecule has 3 fully saturated rings. The van der Waals surface area contributed by atoms with E-state index in [4.69, 9.17) is 28.4 Å². The quantitative estimate of drug-likeness (QED) is 0.0199. The van der Waals surface area contributed by atoms with Crippen molar-refractivity contribution in [1.29, 1.82) is 0 Å². The fourth-order valence-electron chi connectivity index (χ4n) is 15.8. The van der Waals surface area contributed by atoms with Crippen LogP contribution in [0, 0.1) is 0 Å². The zero-order chi connectivity index (χ0) is 77.4. The molecule has 0 spiro atoms. The van der Waals surface area contributed by atoms with Crippen LogP contribution in [0.3, 0.4) is 0 Å². The van der Waals surface area contributed by atoms with Crippen LogP contribution in [0.5, 0.6) is 0 Å². The summed E-state index contributed by atoms with van der Waals surface area (Å²) >= 11 is 0. The summed E-state index contributed by atoms with van der Waals surface area (Å²) in [6.07, 6.45) is 58.1. The number of nitrogens with one attached hydrogen (secondary N) is 1. The van der Waals surface area contributed by atoms with Crippen LogP contribution in [0.25, 0.3) is 0 Å². The van der Waals surface area contributed by atoms with Gasteiger partial charge in [0.1, 0.15) is 73.2 Å². The normalized spacial score (nSPS) is 25.5. The number of hydrogen-bond donors (Lipinski definition) is 12. The van der Waals surface area contributed by atoms with Crippen LogP contribution in [0.4, 0.5) is 0 Å². The smallest absolute Gasteiger partial charge is 0.220 e. The van der Waals surface area contributed by atoms with Crippen molar-refractivity contribution in [2.24, 2.45) is 0 Å². The van der Waals surface area contributed by atoms with E-state index in [0.717, 1.165) is 44.9 Å². The van der Waals surface area contributed by atoms with E-state index >= 15 is 0 Å². The minimum absolute atomic E-state index is 0.250. The van der Waals surface area contributed by atoms with Gasteiger partial charge in [0.15, 0.2) is 18.9 Å². The molecule has 17 unspecified atom stereocenters. The number of rotatable bonds is 75. The van der Waals surface area contributed by atoms with Crippen LogP contribution < -0.4 is 5.32 Å². The van der Waals surface area contributed by atoms with Crippen molar-refractivity contribution in [3.05, 3.63) is 12.2 Å². The number of carbonyl (C=O) groups is 1. The predicted octanol–water partition coefficient (Wildman–Crippen LogP) is 17.1. The fourth-order valence-corrected chi connectivity index (χ4v) is 15.8. The van der Waals surface area contributed by atoms with E-state index in [1.54, 1.807) is 6.08 Å². The average Bonchev–Trinajstić information content (AvgIpc) is 0.780. The van der Waals surface area contributed by atoms with Gasteiger partial charge in [0.05, 0.1) is 38.6 Å². The van der Waals surface area contributed by atoms with Crippen LogP contribution in [0.2, 0.25) is 0 Å². The van der Waals surface area contributed by atoms with E-state index in [2.05, 4.69) is 19.2 Å². The third-order valence-corrected chi connectivity index (χ3v) is 23.1. The van der Waals surface area contributed by atoms with Gasteiger partial charge in [-0.1, -0.05) is 398 Å². The van der Waals surface area contributed by atoms with Gasteiger partial charge < -0.3 is 89.9 Å². The minimum Gasteiger partial charge on any atom is -0.394 e. The van der Waals surface area contributed by atoms with Crippen molar-refractivity contribution in [1.82, 2.24) is 5.32 Å². The molecular formula is C88H169NO18. The Balaban J connectivity index is 1.28. The van der Waals surface area contributed by atoms with Crippen LogP contribution >= 0.6 is 0 Å². The maximum atomic E-state index is 13.5. The lowest BCUT2D eigenvalue weighted by Crippen LogP contribution is -2.66. The highest BCUT2D eigenvalue weighted by Crippen LogP contribution is 2.34. The van der Waals surface area contributed by atoms with Crippen LogP contribution in [0.1, 0.15) is 412 Å². The Bertz CT molecular complexity index is 1970. The molecule has 634 valence electrons. The summed E-state index contributed by atoms with van der Waals surface area (Å²) in [5.41, 5.74) is 0. The van der Waals surface area contributed by atoms with Crippen molar-refractivity contribution in [3.8, 4) is 0 Å². The molecule has 107 heavy (non-hydrogen) atoms. The Kier molecular flexibility index (Phi) is 64.2. The lowest BCUT2D eigenvalue weighted by Gasteiger charge is -2.48. The molecule has 3 rings (SSSR count). The van der Waals surface area contributed by atoms with Crippen LogP contribution in [0.15, 0.2) is 12.2 Å². The number of ether oxygens (including phenoxy) is 6. The molecule has 17 atom stereocenters. The summed E-state index contributed by atoms with van der Waals surface area (Å²) in [4.78, 5) is 13.5. The SMILES string of the molecule is CCCCCCCCCCCCCCCCCCCCCC/C=C/C(O)C(COC1OC(CO)C(OC2OC(CO)C(OC3OC(CO)C(O)C(O)C3O)C(O)C2O)C(O)C1O)NC(=O)CCCCCCCCCCCCCCCCCCCCCCCCCCCCCCCCCCCCCCCCCC. The Morgan fingerprint density at radius 3 is 0.879 bits per heavy atom. The first kappa shape index (κ1) is 99.7. The van der Waals surface area contributed by atoms with E-state index in [0.29, 0.717) is 6.42 Å². The number of aliphatic hydroxyl groups excluding tert-OH is 11. The molecule has 0 radical (unpaired) electrons. The highest BCUT2D eigenvalue weighted by molar-refractivity contribution is 5.76. The number of hydrogen-bond acceptors (Lipinski definition) is 18. The zero-order valence-electron chi connectivity index (χ0n) is 68.4. The maximum absolute atomic E-state index is 13.5. The molecule has 3 aliphatic heterocycles. The first-order chi connectivity index (χ1) is 52.3. The second-order valence-corrected chi connectivity index (χ2v) is 32.8. The third-order valence-electron chi connectivity index (χ3n) is 23.1. The predicted molar refractivity (Wildman–Crippen MR) is 430 cm³/mol. The largest absolute Gasteiger partial charge is 0.394 e. The molecule has 12 N–H and O–H groups in total. The molecule has 1 amide bonds. The highest BCUT2D eigenvalue weighted by atomic mass is 16.8. The molecule has 0 aromatic carbocycles. The number of carbonyl (C=O) groups excluding carboxylic acids is 1. The average molecular weight is 1530 g/mol. The van der Waals surface area contributed by atoms with E-state index in [1.165, 1.54) is 340 Å². The molecule has 0 aliphatic carbocycles. The minimum atomic E-state index is -1.98. The van der Waals surface area contributed by atoms with Crippen LogP contribution in [-0.4, -0.2) is 193 Å². The second-order valence-electron chi connectivity index (χ2n) is 32.8. The van der Waals surface area contributed by atoms with Gasteiger partial charge in [-0.15, -0.1) is 0 Å². The first-order valence-corrected chi connectivity index (χ1v) is 45.4. The third kappa shape index (κ3) is 47.9.